The Kier molecular flexibility index (Phi) is 7.31. The minimum atomic E-state index is -1.02. The lowest BCUT2D eigenvalue weighted by molar-refractivity contribution is -0.132. The number of hydrogen-bond acceptors (Lipinski definition) is 7. The fourth-order valence-corrected chi connectivity index (χ4v) is 4.51. The van der Waals surface area contributed by atoms with Gasteiger partial charge >= 0.3 is 5.97 Å². The summed E-state index contributed by atoms with van der Waals surface area (Å²) in [5.41, 5.74) is 2.27. The van der Waals surface area contributed by atoms with Crippen LogP contribution in [0.25, 0.3) is 5.76 Å². The maximum absolute atomic E-state index is 13.4. The Labute approximate surface area is 220 Å². The molecule has 0 aromatic heterocycles. The van der Waals surface area contributed by atoms with Gasteiger partial charge in [0.1, 0.15) is 17.3 Å². The Balaban J connectivity index is 1.95. The molecule has 1 heterocycles. The van der Waals surface area contributed by atoms with Crippen LogP contribution in [0.1, 0.15) is 55.0 Å². The standard InChI is InChI=1S/C30H26N2O6/c1-17(2)24-15-21(10-13-25(24)37-4)28(34)26-27(20-6-5-7-23(14-20)38-18(3)33)32(30(36)29(26)35)22-11-8-19(16-31)9-12-22/h5-15,17,27,34H,1-4H3/b28-26+. The van der Waals surface area contributed by atoms with Crippen molar-refractivity contribution in [2.75, 3.05) is 12.0 Å². The maximum atomic E-state index is 13.4. The molecular formula is C30H26N2O6. The normalized spacial score (nSPS) is 16.4. The van der Waals surface area contributed by atoms with Crippen molar-refractivity contribution in [2.24, 2.45) is 0 Å². The van der Waals surface area contributed by atoms with Crippen LogP contribution in [0.5, 0.6) is 11.5 Å². The molecule has 0 spiro atoms. The van der Waals surface area contributed by atoms with Gasteiger partial charge in [0.2, 0.25) is 0 Å². The Morgan fingerprint density at radius 3 is 2.37 bits per heavy atom. The number of esters is 1. The van der Waals surface area contributed by atoms with Crippen molar-refractivity contribution in [1.29, 1.82) is 5.26 Å². The zero-order chi connectivity index (χ0) is 27.6. The summed E-state index contributed by atoms with van der Waals surface area (Å²) in [4.78, 5) is 39.7. The van der Waals surface area contributed by atoms with Crippen LogP contribution in [0.3, 0.4) is 0 Å². The van der Waals surface area contributed by atoms with Crippen LogP contribution >= 0.6 is 0 Å². The first-order valence-electron chi connectivity index (χ1n) is 11.9. The van der Waals surface area contributed by atoms with Crippen molar-refractivity contribution in [3.63, 3.8) is 0 Å². The van der Waals surface area contributed by atoms with E-state index in [2.05, 4.69) is 0 Å². The second kappa shape index (κ2) is 10.6. The van der Waals surface area contributed by atoms with Crippen LogP contribution < -0.4 is 14.4 Å². The lowest BCUT2D eigenvalue weighted by Gasteiger charge is -2.26. The number of carbonyl (C=O) groups is 3. The second-order valence-electron chi connectivity index (χ2n) is 9.11. The fraction of sp³-hybridized carbons (Fsp3) is 0.200. The molecular weight excluding hydrogens is 484 g/mol. The molecule has 1 aliphatic rings. The number of ether oxygens (including phenoxy) is 2. The van der Waals surface area contributed by atoms with Gasteiger partial charge in [-0.05, 0) is 71.6 Å². The highest BCUT2D eigenvalue weighted by Crippen LogP contribution is 2.43. The van der Waals surface area contributed by atoms with Gasteiger partial charge in [-0.3, -0.25) is 19.3 Å². The fourth-order valence-electron chi connectivity index (χ4n) is 4.51. The molecule has 0 radical (unpaired) electrons. The van der Waals surface area contributed by atoms with E-state index in [0.717, 1.165) is 5.56 Å². The quantitative estimate of drug-likeness (QED) is 0.158. The molecule has 1 unspecified atom stereocenters. The van der Waals surface area contributed by atoms with Gasteiger partial charge < -0.3 is 14.6 Å². The molecule has 0 aliphatic carbocycles. The zero-order valence-corrected chi connectivity index (χ0v) is 21.4. The van der Waals surface area contributed by atoms with Crippen molar-refractivity contribution < 1.29 is 29.0 Å². The van der Waals surface area contributed by atoms with Gasteiger partial charge in [-0.25, -0.2) is 0 Å². The van der Waals surface area contributed by atoms with Gasteiger partial charge in [0.25, 0.3) is 11.7 Å². The van der Waals surface area contributed by atoms with E-state index in [4.69, 9.17) is 9.47 Å². The summed E-state index contributed by atoms with van der Waals surface area (Å²) in [5, 5.41) is 20.7. The molecule has 1 N–H and O–H groups in total. The second-order valence-corrected chi connectivity index (χ2v) is 9.11. The number of aliphatic hydroxyl groups excluding tert-OH is 1. The number of amides is 1. The molecule has 0 bridgehead atoms. The van der Waals surface area contributed by atoms with Crippen LogP contribution in [0.15, 0.2) is 72.3 Å². The number of Topliss-reactive ketones (excluding diaryl/α,β-unsaturated/α-hetero) is 1. The summed E-state index contributed by atoms with van der Waals surface area (Å²) in [5.74, 6) is -1.63. The van der Waals surface area contributed by atoms with Crippen molar-refractivity contribution in [2.45, 2.75) is 32.7 Å². The van der Waals surface area contributed by atoms with E-state index in [0.29, 0.717) is 28.1 Å². The highest BCUT2D eigenvalue weighted by Gasteiger charge is 2.47. The molecule has 3 aromatic carbocycles. The number of rotatable bonds is 6. The third-order valence-electron chi connectivity index (χ3n) is 6.28. The number of benzene rings is 3. The Morgan fingerprint density at radius 1 is 1.05 bits per heavy atom. The predicted octanol–water partition coefficient (Wildman–Crippen LogP) is 5.24. The molecule has 0 saturated carbocycles. The third kappa shape index (κ3) is 4.87. The van der Waals surface area contributed by atoms with Crippen LogP contribution in [0.4, 0.5) is 5.69 Å². The van der Waals surface area contributed by atoms with Gasteiger partial charge in [0.15, 0.2) is 0 Å². The summed E-state index contributed by atoms with van der Waals surface area (Å²) in [6.45, 7) is 5.23. The van der Waals surface area contributed by atoms with Crippen LogP contribution in [-0.4, -0.2) is 29.9 Å². The van der Waals surface area contributed by atoms with Crippen LogP contribution in [0.2, 0.25) is 0 Å². The van der Waals surface area contributed by atoms with E-state index in [9.17, 15) is 24.8 Å². The summed E-state index contributed by atoms with van der Waals surface area (Å²) >= 11 is 0. The van der Waals surface area contributed by atoms with Crippen molar-refractivity contribution in [3.05, 3.63) is 94.6 Å². The zero-order valence-electron chi connectivity index (χ0n) is 21.4. The lowest BCUT2D eigenvalue weighted by atomic mass is 9.93. The molecule has 1 atom stereocenters. The summed E-state index contributed by atoms with van der Waals surface area (Å²) in [6, 6.07) is 18.7. The smallest absolute Gasteiger partial charge is 0.308 e. The molecule has 1 amide bonds. The van der Waals surface area contributed by atoms with Crippen molar-refractivity contribution >= 4 is 29.1 Å². The predicted molar refractivity (Wildman–Crippen MR) is 141 cm³/mol. The van der Waals surface area contributed by atoms with E-state index in [1.807, 2.05) is 19.9 Å². The average Bonchev–Trinajstić information content (AvgIpc) is 3.17. The van der Waals surface area contributed by atoms with E-state index >= 15 is 0 Å². The number of nitriles is 1. The van der Waals surface area contributed by atoms with Gasteiger partial charge in [-0.1, -0.05) is 26.0 Å². The Morgan fingerprint density at radius 2 is 1.76 bits per heavy atom. The minimum Gasteiger partial charge on any atom is -0.507 e. The number of aliphatic hydroxyl groups is 1. The average molecular weight is 511 g/mol. The van der Waals surface area contributed by atoms with Crippen molar-refractivity contribution in [3.8, 4) is 17.6 Å². The molecule has 38 heavy (non-hydrogen) atoms. The van der Waals surface area contributed by atoms with Crippen LogP contribution in [-0.2, 0) is 14.4 Å². The van der Waals surface area contributed by atoms with Crippen LogP contribution in [0, 0.1) is 11.3 Å². The topological polar surface area (TPSA) is 117 Å². The SMILES string of the molecule is COc1ccc(/C(O)=C2\C(=O)C(=O)N(c3ccc(C#N)cc3)C2c2cccc(OC(C)=O)c2)cc1C(C)C. The Hall–Kier alpha value is -4.90. The maximum Gasteiger partial charge on any atom is 0.308 e. The van der Waals surface area contributed by atoms with Gasteiger partial charge in [0, 0.05) is 18.2 Å². The third-order valence-corrected chi connectivity index (χ3v) is 6.28. The van der Waals surface area contributed by atoms with Crippen molar-refractivity contribution in [1.82, 2.24) is 0 Å². The first-order valence-corrected chi connectivity index (χ1v) is 11.9. The van der Waals surface area contributed by atoms with E-state index in [1.165, 1.54) is 11.8 Å². The largest absolute Gasteiger partial charge is 0.507 e. The monoisotopic (exact) mass is 510 g/mol. The number of carbonyl (C=O) groups excluding carboxylic acids is 3. The van der Waals surface area contributed by atoms with E-state index in [1.54, 1.807) is 73.8 Å². The Bertz CT molecular complexity index is 1500. The number of methoxy groups -OCH3 is 1. The minimum absolute atomic E-state index is 0.0648. The number of anilines is 1. The number of hydrogen-bond donors (Lipinski definition) is 1. The summed E-state index contributed by atoms with van der Waals surface area (Å²) < 4.78 is 10.7. The molecule has 3 aromatic rings. The molecule has 1 aliphatic heterocycles. The lowest BCUT2D eigenvalue weighted by Crippen LogP contribution is -2.29. The molecule has 8 nitrogen and oxygen atoms in total. The van der Waals surface area contributed by atoms with Gasteiger partial charge in [-0.15, -0.1) is 0 Å². The molecule has 192 valence electrons. The van der Waals surface area contributed by atoms with Gasteiger partial charge in [-0.2, -0.15) is 5.26 Å². The van der Waals surface area contributed by atoms with E-state index < -0.39 is 23.7 Å². The molecule has 1 fully saturated rings. The summed E-state index contributed by atoms with van der Waals surface area (Å²) in [6.07, 6.45) is 0. The molecule has 4 rings (SSSR count). The summed E-state index contributed by atoms with van der Waals surface area (Å²) in [7, 11) is 1.56. The van der Waals surface area contributed by atoms with E-state index in [-0.39, 0.29) is 23.0 Å². The first kappa shape index (κ1) is 26.2. The number of ketones is 1. The highest BCUT2D eigenvalue weighted by atomic mass is 16.5. The highest BCUT2D eigenvalue weighted by molar-refractivity contribution is 6.51. The first-order chi connectivity index (χ1) is 18.2. The molecule has 1 saturated heterocycles. The van der Waals surface area contributed by atoms with Gasteiger partial charge in [0.05, 0.1) is 30.4 Å². The number of nitrogens with zero attached hydrogens (tertiary/aromatic N) is 2. The molecule has 8 heteroatoms.